The van der Waals surface area contributed by atoms with E-state index in [0.717, 1.165) is 24.5 Å². The average molecular weight is 219 g/mol. The Labute approximate surface area is 95.1 Å². The molecule has 2 rings (SSSR count). The first-order chi connectivity index (χ1) is 7.78. The fraction of sp³-hybridized carbons (Fsp3) is 0.455. The van der Waals surface area contributed by atoms with E-state index in [4.69, 9.17) is 0 Å². The molecule has 0 saturated heterocycles. The molecule has 0 aliphatic rings. The van der Waals surface area contributed by atoms with Crippen molar-refractivity contribution in [2.45, 2.75) is 26.4 Å². The quantitative estimate of drug-likeness (QED) is 0.831. The molecule has 86 valence electrons. The SMILES string of the molecule is CCCn1ccc(NCc2ccn(C)n2)n1. The number of aryl methyl sites for hydroxylation is 2. The molecule has 0 atom stereocenters. The van der Waals surface area contributed by atoms with Crippen LogP contribution in [0.3, 0.4) is 0 Å². The number of nitrogens with one attached hydrogen (secondary N) is 1. The largest absolute Gasteiger partial charge is 0.363 e. The van der Waals surface area contributed by atoms with Crippen LogP contribution in [0.5, 0.6) is 0 Å². The smallest absolute Gasteiger partial charge is 0.148 e. The summed E-state index contributed by atoms with van der Waals surface area (Å²) in [5.74, 6) is 0.902. The first-order valence-corrected chi connectivity index (χ1v) is 5.54. The second-order valence-corrected chi connectivity index (χ2v) is 3.80. The van der Waals surface area contributed by atoms with E-state index in [1.54, 1.807) is 4.68 Å². The van der Waals surface area contributed by atoms with Crippen LogP contribution in [0.15, 0.2) is 24.5 Å². The third kappa shape index (κ3) is 2.62. The average Bonchev–Trinajstić information content (AvgIpc) is 2.85. The molecule has 0 saturated carbocycles. The summed E-state index contributed by atoms with van der Waals surface area (Å²) in [6.45, 7) is 3.82. The summed E-state index contributed by atoms with van der Waals surface area (Å²) < 4.78 is 3.74. The molecule has 0 radical (unpaired) electrons. The first kappa shape index (κ1) is 10.7. The molecule has 5 nitrogen and oxygen atoms in total. The lowest BCUT2D eigenvalue weighted by molar-refractivity contribution is 0.604. The standard InChI is InChI=1S/C11H17N5/c1-3-6-16-8-5-11(14-16)12-9-10-4-7-15(2)13-10/h4-5,7-8H,3,6,9H2,1-2H3,(H,12,14). The third-order valence-electron chi connectivity index (χ3n) is 2.31. The lowest BCUT2D eigenvalue weighted by atomic mass is 10.4. The third-order valence-corrected chi connectivity index (χ3v) is 2.31. The minimum atomic E-state index is 0.712. The molecule has 0 fully saturated rings. The van der Waals surface area contributed by atoms with Gasteiger partial charge in [-0.15, -0.1) is 0 Å². The molecule has 2 heterocycles. The highest BCUT2D eigenvalue weighted by Crippen LogP contribution is 2.05. The lowest BCUT2D eigenvalue weighted by Crippen LogP contribution is -2.03. The van der Waals surface area contributed by atoms with Crippen molar-refractivity contribution < 1.29 is 0 Å². The van der Waals surface area contributed by atoms with Crippen molar-refractivity contribution in [1.82, 2.24) is 19.6 Å². The summed E-state index contributed by atoms with van der Waals surface area (Å²) in [4.78, 5) is 0. The summed E-state index contributed by atoms with van der Waals surface area (Å²) in [5.41, 5.74) is 1.02. The van der Waals surface area contributed by atoms with Gasteiger partial charge >= 0.3 is 0 Å². The van der Waals surface area contributed by atoms with E-state index in [9.17, 15) is 0 Å². The second kappa shape index (κ2) is 4.83. The molecule has 0 aliphatic heterocycles. The molecule has 1 N–H and O–H groups in total. The van der Waals surface area contributed by atoms with Crippen LogP contribution in [-0.2, 0) is 20.1 Å². The molecular weight excluding hydrogens is 202 g/mol. The van der Waals surface area contributed by atoms with Crippen molar-refractivity contribution in [1.29, 1.82) is 0 Å². The van der Waals surface area contributed by atoms with E-state index in [1.807, 2.05) is 36.3 Å². The van der Waals surface area contributed by atoms with Gasteiger partial charge in [0, 0.05) is 32.1 Å². The Hall–Kier alpha value is -1.78. The maximum Gasteiger partial charge on any atom is 0.148 e. The van der Waals surface area contributed by atoms with E-state index >= 15 is 0 Å². The van der Waals surface area contributed by atoms with Crippen LogP contribution in [0.1, 0.15) is 19.0 Å². The molecule has 0 aromatic carbocycles. The van der Waals surface area contributed by atoms with Crippen LogP contribution in [-0.4, -0.2) is 19.6 Å². The maximum atomic E-state index is 4.39. The zero-order valence-electron chi connectivity index (χ0n) is 9.72. The minimum Gasteiger partial charge on any atom is -0.363 e. The Morgan fingerprint density at radius 3 is 2.81 bits per heavy atom. The van der Waals surface area contributed by atoms with Gasteiger partial charge in [0.25, 0.3) is 0 Å². The van der Waals surface area contributed by atoms with Gasteiger partial charge in [-0.1, -0.05) is 6.92 Å². The van der Waals surface area contributed by atoms with Crippen LogP contribution in [0.2, 0.25) is 0 Å². The molecule has 16 heavy (non-hydrogen) atoms. The van der Waals surface area contributed by atoms with Crippen LogP contribution >= 0.6 is 0 Å². The van der Waals surface area contributed by atoms with Gasteiger partial charge in [-0.05, 0) is 12.5 Å². The Bertz CT molecular complexity index is 443. The van der Waals surface area contributed by atoms with Gasteiger partial charge in [0.2, 0.25) is 0 Å². The van der Waals surface area contributed by atoms with E-state index in [0.29, 0.717) is 6.54 Å². The molecule has 0 bridgehead atoms. The topological polar surface area (TPSA) is 47.7 Å². The summed E-state index contributed by atoms with van der Waals surface area (Å²) in [6, 6.07) is 3.98. The zero-order chi connectivity index (χ0) is 11.4. The van der Waals surface area contributed by atoms with Gasteiger partial charge in [-0.3, -0.25) is 9.36 Å². The van der Waals surface area contributed by atoms with Crippen molar-refractivity contribution in [2.75, 3.05) is 5.32 Å². The molecule has 0 amide bonds. The van der Waals surface area contributed by atoms with Gasteiger partial charge in [0.1, 0.15) is 5.82 Å². The number of anilines is 1. The van der Waals surface area contributed by atoms with Crippen molar-refractivity contribution in [3.8, 4) is 0 Å². The Morgan fingerprint density at radius 1 is 1.25 bits per heavy atom. The van der Waals surface area contributed by atoms with E-state index < -0.39 is 0 Å². The van der Waals surface area contributed by atoms with Gasteiger partial charge in [-0.25, -0.2) is 0 Å². The number of aromatic nitrogens is 4. The second-order valence-electron chi connectivity index (χ2n) is 3.80. The van der Waals surface area contributed by atoms with E-state index in [2.05, 4.69) is 22.4 Å². The Balaban J connectivity index is 1.89. The summed E-state index contributed by atoms with van der Waals surface area (Å²) in [5, 5.41) is 11.9. The fourth-order valence-corrected chi connectivity index (χ4v) is 1.55. The normalized spacial score (nSPS) is 10.6. The van der Waals surface area contributed by atoms with Gasteiger partial charge < -0.3 is 5.32 Å². The molecule has 0 spiro atoms. The van der Waals surface area contributed by atoms with Crippen molar-refractivity contribution in [3.05, 3.63) is 30.2 Å². The predicted molar refractivity (Wildman–Crippen MR) is 63.1 cm³/mol. The highest BCUT2D eigenvalue weighted by Gasteiger charge is 1.99. The monoisotopic (exact) mass is 219 g/mol. The lowest BCUT2D eigenvalue weighted by Gasteiger charge is -2.00. The van der Waals surface area contributed by atoms with E-state index in [1.165, 1.54) is 0 Å². The molecule has 5 heteroatoms. The van der Waals surface area contributed by atoms with Crippen molar-refractivity contribution >= 4 is 5.82 Å². The van der Waals surface area contributed by atoms with Crippen LogP contribution in [0.25, 0.3) is 0 Å². The summed E-state index contributed by atoms with van der Waals surface area (Å²) >= 11 is 0. The minimum absolute atomic E-state index is 0.712. The van der Waals surface area contributed by atoms with Gasteiger partial charge in [0.15, 0.2) is 0 Å². The van der Waals surface area contributed by atoms with Crippen molar-refractivity contribution in [2.24, 2.45) is 7.05 Å². The van der Waals surface area contributed by atoms with Gasteiger partial charge in [0.05, 0.1) is 12.2 Å². The molecule has 0 aliphatic carbocycles. The summed E-state index contributed by atoms with van der Waals surface area (Å²) in [6.07, 6.45) is 5.03. The molecular formula is C11H17N5. The van der Waals surface area contributed by atoms with Crippen molar-refractivity contribution in [3.63, 3.8) is 0 Å². The Kier molecular flexibility index (Phi) is 3.24. The highest BCUT2D eigenvalue weighted by atomic mass is 15.3. The number of hydrogen-bond donors (Lipinski definition) is 1. The number of nitrogens with zero attached hydrogens (tertiary/aromatic N) is 4. The van der Waals surface area contributed by atoms with Gasteiger partial charge in [-0.2, -0.15) is 10.2 Å². The number of hydrogen-bond acceptors (Lipinski definition) is 3. The molecule has 2 aromatic heterocycles. The van der Waals surface area contributed by atoms with Crippen LogP contribution in [0, 0.1) is 0 Å². The van der Waals surface area contributed by atoms with Crippen LogP contribution < -0.4 is 5.32 Å². The maximum absolute atomic E-state index is 4.39. The number of rotatable bonds is 5. The van der Waals surface area contributed by atoms with Crippen LogP contribution in [0.4, 0.5) is 5.82 Å². The Morgan fingerprint density at radius 2 is 2.12 bits per heavy atom. The molecule has 0 unspecified atom stereocenters. The molecule has 2 aromatic rings. The fourth-order valence-electron chi connectivity index (χ4n) is 1.55. The highest BCUT2D eigenvalue weighted by molar-refractivity contribution is 5.32. The van der Waals surface area contributed by atoms with E-state index in [-0.39, 0.29) is 0 Å². The summed E-state index contributed by atoms with van der Waals surface area (Å²) in [7, 11) is 1.92. The first-order valence-electron chi connectivity index (χ1n) is 5.54. The zero-order valence-corrected chi connectivity index (χ0v) is 9.72. The predicted octanol–water partition coefficient (Wildman–Crippen LogP) is 1.64.